The largest absolute Gasteiger partial charge is 0.458 e. The van der Waals surface area contributed by atoms with Crippen LogP contribution >= 0.6 is 0 Å². The second-order valence-corrected chi connectivity index (χ2v) is 7.47. The second-order valence-electron chi connectivity index (χ2n) is 7.47. The Morgan fingerprint density at radius 1 is 1.32 bits per heavy atom. The Morgan fingerprint density at radius 2 is 2.00 bits per heavy atom. The maximum Gasteiger partial charge on any atom is 0.350 e. The van der Waals surface area contributed by atoms with Gasteiger partial charge in [0.05, 0.1) is 12.1 Å². The van der Waals surface area contributed by atoms with Crippen molar-refractivity contribution in [2.24, 2.45) is 11.8 Å². The fraction of sp³-hybridized carbons (Fsp3) is 0.500. The van der Waals surface area contributed by atoms with Crippen molar-refractivity contribution in [3.63, 3.8) is 0 Å². The van der Waals surface area contributed by atoms with Gasteiger partial charge < -0.3 is 14.2 Å². The SMILES string of the molecule is C=C1C(=O)O[C@@H]2CC(=O)n3ccc(c32)COC(=O)C(C)(OC(C)=O)C(C)C1C. The molecule has 8 nitrogen and oxygen atoms in total. The molecular weight excluding hydrogens is 366 g/mol. The molecule has 0 N–H and O–H groups in total. The lowest BCUT2D eigenvalue weighted by atomic mass is 9.77. The van der Waals surface area contributed by atoms with Crippen molar-refractivity contribution in [2.75, 3.05) is 0 Å². The average Bonchev–Trinajstić information content (AvgIpc) is 3.18. The fourth-order valence-corrected chi connectivity index (χ4v) is 3.71. The number of esters is 3. The summed E-state index contributed by atoms with van der Waals surface area (Å²) in [7, 11) is 0. The third-order valence-electron chi connectivity index (χ3n) is 5.75. The van der Waals surface area contributed by atoms with E-state index in [1.807, 2.05) is 0 Å². The van der Waals surface area contributed by atoms with Crippen LogP contribution in [0.15, 0.2) is 24.4 Å². The van der Waals surface area contributed by atoms with Crippen LogP contribution in [0.2, 0.25) is 0 Å². The van der Waals surface area contributed by atoms with Crippen LogP contribution in [-0.4, -0.2) is 34.0 Å². The smallest absolute Gasteiger partial charge is 0.350 e. The number of carbonyl (C=O) groups excluding carboxylic acids is 4. The highest BCUT2D eigenvalue weighted by Crippen LogP contribution is 2.38. The predicted molar refractivity (Wildman–Crippen MR) is 95.9 cm³/mol. The Morgan fingerprint density at radius 3 is 2.64 bits per heavy atom. The maximum absolute atomic E-state index is 12.9. The van der Waals surface area contributed by atoms with Crippen molar-refractivity contribution in [1.29, 1.82) is 0 Å². The molecule has 1 aromatic heterocycles. The quantitative estimate of drug-likeness (QED) is 0.413. The molecule has 1 aromatic rings. The van der Waals surface area contributed by atoms with E-state index in [2.05, 4.69) is 6.58 Å². The number of nitrogens with zero attached hydrogens (tertiary/aromatic N) is 1. The van der Waals surface area contributed by atoms with Gasteiger partial charge in [-0.25, -0.2) is 9.59 Å². The van der Waals surface area contributed by atoms with E-state index in [9.17, 15) is 19.2 Å². The Kier molecular flexibility index (Phi) is 4.91. The van der Waals surface area contributed by atoms with Gasteiger partial charge in [-0.3, -0.25) is 14.2 Å². The monoisotopic (exact) mass is 389 g/mol. The fourth-order valence-electron chi connectivity index (χ4n) is 3.71. The summed E-state index contributed by atoms with van der Waals surface area (Å²) in [5.41, 5.74) is -0.465. The normalized spacial score (nSPS) is 30.6. The zero-order valence-electron chi connectivity index (χ0n) is 16.3. The van der Waals surface area contributed by atoms with Crippen molar-refractivity contribution in [3.8, 4) is 0 Å². The summed E-state index contributed by atoms with van der Waals surface area (Å²) in [4.78, 5) is 49.4. The summed E-state index contributed by atoms with van der Waals surface area (Å²) in [6.45, 7) is 9.71. The van der Waals surface area contributed by atoms with Crippen LogP contribution in [0.3, 0.4) is 0 Å². The van der Waals surface area contributed by atoms with Gasteiger partial charge in [-0.2, -0.15) is 0 Å². The molecule has 3 unspecified atom stereocenters. The van der Waals surface area contributed by atoms with Crippen molar-refractivity contribution in [3.05, 3.63) is 35.7 Å². The molecule has 2 aliphatic heterocycles. The molecule has 0 fully saturated rings. The summed E-state index contributed by atoms with van der Waals surface area (Å²) in [5.74, 6) is -3.41. The summed E-state index contributed by atoms with van der Waals surface area (Å²) in [5, 5.41) is 0. The van der Waals surface area contributed by atoms with E-state index in [0.29, 0.717) is 11.3 Å². The van der Waals surface area contributed by atoms with Crippen LogP contribution in [0, 0.1) is 11.8 Å². The summed E-state index contributed by atoms with van der Waals surface area (Å²) < 4.78 is 17.7. The van der Waals surface area contributed by atoms with Gasteiger partial charge in [-0.05, 0) is 18.9 Å². The number of ether oxygens (including phenoxy) is 3. The van der Waals surface area contributed by atoms with E-state index >= 15 is 0 Å². The van der Waals surface area contributed by atoms with E-state index in [-0.39, 0.29) is 24.5 Å². The second kappa shape index (κ2) is 6.92. The first-order valence-corrected chi connectivity index (χ1v) is 9.06. The molecule has 8 heteroatoms. The van der Waals surface area contributed by atoms with Gasteiger partial charge in [0.15, 0.2) is 6.10 Å². The van der Waals surface area contributed by atoms with Crippen LogP contribution in [0.5, 0.6) is 0 Å². The molecule has 3 rings (SSSR count). The molecule has 0 aromatic carbocycles. The van der Waals surface area contributed by atoms with E-state index in [0.717, 1.165) is 0 Å². The molecule has 0 saturated carbocycles. The zero-order valence-corrected chi connectivity index (χ0v) is 16.3. The van der Waals surface area contributed by atoms with Gasteiger partial charge in [-0.15, -0.1) is 0 Å². The number of hydrogen-bond acceptors (Lipinski definition) is 7. The van der Waals surface area contributed by atoms with Gasteiger partial charge >= 0.3 is 17.9 Å². The molecule has 0 bridgehead atoms. The van der Waals surface area contributed by atoms with E-state index in [4.69, 9.17) is 14.2 Å². The topological polar surface area (TPSA) is 101 Å². The molecule has 150 valence electrons. The number of hydrogen-bond donors (Lipinski definition) is 0. The molecule has 28 heavy (non-hydrogen) atoms. The molecular formula is C20H23NO7. The number of aromatic nitrogens is 1. The molecule has 2 aliphatic rings. The van der Waals surface area contributed by atoms with Gasteiger partial charge in [0.1, 0.15) is 6.61 Å². The summed E-state index contributed by atoms with van der Waals surface area (Å²) >= 11 is 0. The minimum Gasteiger partial charge on any atom is -0.458 e. The lowest BCUT2D eigenvalue weighted by molar-refractivity contribution is -0.188. The highest BCUT2D eigenvalue weighted by Gasteiger charge is 2.48. The van der Waals surface area contributed by atoms with Crippen LogP contribution < -0.4 is 0 Å². The molecule has 0 saturated heterocycles. The Hall–Kier alpha value is -2.90. The van der Waals surface area contributed by atoms with E-state index < -0.39 is 41.4 Å². The third-order valence-corrected chi connectivity index (χ3v) is 5.75. The van der Waals surface area contributed by atoms with E-state index in [1.165, 1.54) is 18.4 Å². The molecule has 0 aliphatic carbocycles. The minimum atomic E-state index is -1.62. The van der Waals surface area contributed by atoms with Crippen molar-refractivity contribution < 1.29 is 33.4 Å². The lowest BCUT2D eigenvalue weighted by Gasteiger charge is -2.36. The Bertz CT molecular complexity index is 883. The number of rotatable bonds is 1. The Labute approximate surface area is 162 Å². The number of cyclic esters (lactones) is 1. The molecule has 3 heterocycles. The highest BCUT2D eigenvalue weighted by molar-refractivity contribution is 5.91. The van der Waals surface area contributed by atoms with Crippen molar-refractivity contribution in [1.82, 2.24) is 4.57 Å². The first-order valence-electron chi connectivity index (χ1n) is 9.06. The lowest BCUT2D eigenvalue weighted by Crippen LogP contribution is -2.49. The van der Waals surface area contributed by atoms with Crippen molar-refractivity contribution >= 4 is 23.8 Å². The van der Waals surface area contributed by atoms with Gasteiger partial charge in [0.2, 0.25) is 11.5 Å². The average molecular weight is 389 g/mol. The van der Waals surface area contributed by atoms with E-state index in [1.54, 1.807) is 26.1 Å². The zero-order chi connectivity index (χ0) is 20.8. The third kappa shape index (κ3) is 3.12. The van der Waals surface area contributed by atoms with Crippen molar-refractivity contribution in [2.45, 2.75) is 52.4 Å². The predicted octanol–water partition coefficient (Wildman–Crippen LogP) is 2.32. The van der Waals surface area contributed by atoms with Gasteiger partial charge in [0.25, 0.3) is 0 Å². The Balaban J connectivity index is 2.05. The van der Waals surface area contributed by atoms with Crippen LogP contribution in [0.4, 0.5) is 0 Å². The summed E-state index contributed by atoms with van der Waals surface area (Å²) in [6, 6.07) is 1.64. The van der Waals surface area contributed by atoms with Gasteiger partial charge in [-0.1, -0.05) is 20.4 Å². The van der Waals surface area contributed by atoms with Crippen LogP contribution in [-0.2, 0) is 35.2 Å². The standard InChI is InChI=1S/C20H23NO7/c1-10-11(2)18(24)27-15-8-16(23)21-7-6-14(17(15)21)9-26-19(25)20(5,12(10)3)28-13(4)22/h6-7,10,12,15H,2,8-9H2,1,3-5H3/t10?,12?,15-,20?/m1/s1. The number of carbonyl (C=O) groups is 4. The van der Waals surface area contributed by atoms with Crippen LogP contribution in [0.1, 0.15) is 56.3 Å². The highest BCUT2D eigenvalue weighted by atomic mass is 16.6. The molecule has 0 amide bonds. The maximum atomic E-state index is 12.9. The minimum absolute atomic E-state index is 0.0191. The summed E-state index contributed by atoms with van der Waals surface area (Å²) in [6.07, 6.45) is 0.812. The van der Waals surface area contributed by atoms with Crippen LogP contribution in [0.25, 0.3) is 0 Å². The molecule has 4 atom stereocenters. The molecule has 0 radical (unpaired) electrons. The first kappa shape index (κ1) is 19.9. The first-order chi connectivity index (χ1) is 13.1. The molecule has 0 spiro atoms. The van der Waals surface area contributed by atoms with Gasteiger partial charge in [0, 0.05) is 30.2 Å².